The molecule has 0 amide bonds. The summed E-state index contributed by atoms with van der Waals surface area (Å²) in [5, 5.41) is 2.00. The van der Waals surface area contributed by atoms with Crippen molar-refractivity contribution in [3.05, 3.63) is 140 Å². The highest BCUT2D eigenvalue weighted by atomic mass is 32.1. The Morgan fingerprint density at radius 3 is 1.29 bits per heavy atom. The summed E-state index contributed by atoms with van der Waals surface area (Å²) in [6.45, 7) is 0. The number of nitrogens with zero attached hydrogens (tertiary/aromatic N) is 9. The number of fused-ring (bicyclic) bond motifs is 5. The van der Waals surface area contributed by atoms with Crippen LogP contribution < -0.4 is 4.90 Å². The molecule has 0 saturated carbocycles. The van der Waals surface area contributed by atoms with Crippen LogP contribution in [0.4, 0.5) is 17.1 Å². The van der Waals surface area contributed by atoms with Crippen molar-refractivity contribution in [2.24, 2.45) is 0 Å². The van der Waals surface area contributed by atoms with Gasteiger partial charge in [0.25, 0.3) is 0 Å². The van der Waals surface area contributed by atoms with Crippen LogP contribution in [0.2, 0.25) is 0 Å². The monoisotopic (exact) mass is 837 g/mol. The van der Waals surface area contributed by atoms with Crippen molar-refractivity contribution in [2.45, 2.75) is 0 Å². The number of para-hydroxylation sites is 2. The van der Waals surface area contributed by atoms with Gasteiger partial charge >= 0.3 is 0 Å². The number of anilines is 3. The van der Waals surface area contributed by atoms with Gasteiger partial charge in [-0.3, -0.25) is 0 Å². The van der Waals surface area contributed by atoms with Gasteiger partial charge in [-0.25, -0.2) is 9.97 Å². The highest BCUT2D eigenvalue weighted by molar-refractivity contribution is 7.22. The summed E-state index contributed by atoms with van der Waals surface area (Å²) in [6.07, 6.45) is 0. The largest absolute Gasteiger partial charge is 0.304 e. The standard InChI is InChI=1S/C44H23N9S5/c1-3-10-36-30(6-1)45-43(54-36)26-16-12-24(13-17-26)28-20-22-34(41-38(28)48-57-51-41)53(33-9-5-8-32-40(33)50-56-47-32)35-23-21-29(39-42(35)52-58-49-39)25-14-18-27(19-15-25)44-46-31-7-2-4-11-37(31)55-44/h1-23H. The van der Waals surface area contributed by atoms with Gasteiger partial charge in [-0.2, -0.15) is 26.2 Å². The van der Waals surface area contributed by atoms with E-state index < -0.39 is 0 Å². The van der Waals surface area contributed by atoms with E-state index in [1.807, 2.05) is 24.3 Å². The first-order chi connectivity index (χ1) is 28.7. The first-order valence-electron chi connectivity index (χ1n) is 18.2. The Morgan fingerprint density at radius 2 is 0.759 bits per heavy atom. The van der Waals surface area contributed by atoms with Gasteiger partial charge in [-0.1, -0.05) is 78.9 Å². The van der Waals surface area contributed by atoms with E-state index in [1.165, 1.54) is 44.6 Å². The van der Waals surface area contributed by atoms with E-state index in [2.05, 4.69) is 125 Å². The van der Waals surface area contributed by atoms with Crippen molar-refractivity contribution < 1.29 is 0 Å². The molecule has 0 aliphatic rings. The Hall–Kier alpha value is -6.42. The average molecular weight is 838 g/mol. The van der Waals surface area contributed by atoms with E-state index in [1.54, 1.807) is 22.7 Å². The second-order valence-electron chi connectivity index (χ2n) is 13.6. The average Bonchev–Trinajstić information content (AvgIpc) is 4.13. The molecule has 0 aliphatic carbocycles. The lowest BCUT2D eigenvalue weighted by Gasteiger charge is -2.26. The second kappa shape index (κ2) is 13.6. The van der Waals surface area contributed by atoms with E-state index in [0.717, 1.165) is 105 Å². The van der Waals surface area contributed by atoms with Gasteiger partial charge < -0.3 is 4.90 Å². The molecule has 274 valence electrons. The summed E-state index contributed by atoms with van der Waals surface area (Å²) in [5.41, 5.74) is 15.7. The summed E-state index contributed by atoms with van der Waals surface area (Å²) in [4.78, 5) is 11.9. The molecule has 0 aliphatic heterocycles. The molecule has 14 heteroatoms. The molecule has 0 bridgehead atoms. The zero-order valence-electron chi connectivity index (χ0n) is 29.8. The quantitative estimate of drug-likeness (QED) is 0.155. The smallest absolute Gasteiger partial charge is 0.129 e. The molecule has 0 N–H and O–H groups in total. The summed E-state index contributed by atoms with van der Waals surface area (Å²) in [5.74, 6) is 0. The summed E-state index contributed by atoms with van der Waals surface area (Å²) < 4.78 is 31.3. The molecule has 0 spiro atoms. The minimum absolute atomic E-state index is 0.781. The summed E-state index contributed by atoms with van der Waals surface area (Å²) >= 11 is 7.02. The van der Waals surface area contributed by atoms with E-state index in [4.69, 9.17) is 31.8 Å². The number of hydrogen-bond acceptors (Lipinski definition) is 14. The molecule has 5 aromatic heterocycles. The van der Waals surface area contributed by atoms with Gasteiger partial charge in [0.2, 0.25) is 0 Å². The van der Waals surface area contributed by atoms with Crippen LogP contribution in [-0.2, 0) is 0 Å². The minimum atomic E-state index is 0.781. The maximum Gasteiger partial charge on any atom is 0.129 e. The zero-order chi connectivity index (χ0) is 38.2. The molecule has 0 radical (unpaired) electrons. The van der Waals surface area contributed by atoms with E-state index in [0.29, 0.717) is 0 Å². The molecule has 0 unspecified atom stereocenters. The van der Waals surface area contributed by atoms with Crippen LogP contribution in [0.3, 0.4) is 0 Å². The third kappa shape index (κ3) is 5.52. The van der Waals surface area contributed by atoms with Crippen molar-refractivity contribution in [1.82, 2.24) is 36.2 Å². The minimum Gasteiger partial charge on any atom is -0.304 e. The van der Waals surface area contributed by atoms with Gasteiger partial charge in [-0.15, -0.1) is 22.7 Å². The summed E-state index contributed by atoms with van der Waals surface area (Å²) in [7, 11) is 0. The fourth-order valence-electron chi connectivity index (χ4n) is 7.47. The van der Waals surface area contributed by atoms with Crippen molar-refractivity contribution in [3.63, 3.8) is 0 Å². The second-order valence-corrected chi connectivity index (χ2v) is 17.2. The molecule has 9 nitrogen and oxygen atoms in total. The third-order valence-corrected chi connectivity index (χ3v) is 14.0. The van der Waals surface area contributed by atoms with Crippen LogP contribution in [0.15, 0.2) is 140 Å². The number of rotatable bonds is 7. The van der Waals surface area contributed by atoms with Crippen LogP contribution in [0.5, 0.6) is 0 Å². The van der Waals surface area contributed by atoms with Crippen molar-refractivity contribution >= 4 is 128 Å². The molecule has 12 aromatic rings. The summed E-state index contributed by atoms with van der Waals surface area (Å²) in [6, 6.07) is 48.2. The third-order valence-electron chi connectivity index (χ3n) is 10.2. The van der Waals surface area contributed by atoms with Gasteiger partial charge in [0.1, 0.15) is 43.1 Å². The highest BCUT2D eigenvalue weighted by Crippen LogP contribution is 2.47. The molecule has 7 aromatic carbocycles. The van der Waals surface area contributed by atoms with Crippen LogP contribution in [0.25, 0.3) is 96.9 Å². The number of thiazole rings is 2. The van der Waals surface area contributed by atoms with Crippen LogP contribution in [0, 0.1) is 0 Å². The zero-order valence-corrected chi connectivity index (χ0v) is 33.9. The molecule has 0 atom stereocenters. The Labute approximate surface area is 350 Å². The van der Waals surface area contributed by atoms with E-state index in [-0.39, 0.29) is 0 Å². The molecule has 5 heterocycles. The van der Waals surface area contributed by atoms with Crippen molar-refractivity contribution in [2.75, 3.05) is 4.90 Å². The number of hydrogen-bond donors (Lipinski definition) is 0. The molecule has 12 rings (SSSR count). The lowest BCUT2D eigenvalue weighted by molar-refractivity contribution is 1.31. The predicted octanol–water partition coefficient (Wildman–Crippen LogP) is 13.1. The molecular formula is C44H23N9S5. The molecule has 58 heavy (non-hydrogen) atoms. The molecule has 0 saturated heterocycles. The lowest BCUT2D eigenvalue weighted by atomic mass is 10.00. The fraction of sp³-hybridized carbons (Fsp3) is 0. The van der Waals surface area contributed by atoms with Crippen LogP contribution in [0.1, 0.15) is 0 Å². The first-order valence-corrected chi connectivity index (χ1v) is 22.0. The van der Waals surface area contributed by atoms with Gasteiger partial charge in [0.15, 0.2) is 0 Å². The first kappa shape index (κ1) is 33.7. The van der Waals surface area contributed by atoms with Gasteiger partial charge in [-0.05, 0) is 71.8 Å². The number of aromatic nitrogens is 8. The van der Waals surface area contributed by atoms with Gasteiger partial charge in [0.05, 0.1) is 72.7 Å². The predicted molar refractivity (Wildman–Crippen MR) is 242 cm³/mol. The van der Waals surface area contributed by atoms with Crippen molar-refractivity contribution in [1.29, 1.82) is 0 Å². The lowest BCUT2D eigenvalue weighted by Crippen LogP contribution is -2.12. The Morgan fingerprint density at radius 1 is 0.328 bits per heavy atom. The Kier molecular flexibility index (Phi) is 7.91. The van der Waals surface area contributed by atoms with E-state index in [9.17, 15) is 0 Å². The fourth-order valence-corrected chi connectivity index (χ4v) is 11.1. The Bertz CT molecular complexity index is 3230. The molecular weight excluding hydrogens is 815 g/mol. The van der Waals surface area contributed by atoms with Crippen LogP contribution >= 0.6 is 57.9 Å². The molecule has 0 fully saturated rings. The Balaban J connectivity index is 0.963. The normalized spacial score (nSPS) is 11.8. The highest BCUT2D eigenvalue weighted by Gasteiger charge is 2.26. The van der Waals surface area contributed by atoms with Gasteiger partial charge in [0, 0.05) is 22.3 Å². The number of benzene rings is 7. The topological polar surface area (TPSA) is 106 Å². The van der Waals surface area contributed by atoms with E-state index >= 15 is 0 Å². The SMILES string of the molecule is c1ccc2sc(-c3ccc(-c4ccc(N(c5cccc6nsnc56)c5ccc(-c6ccc(-c7nc8ccccc8s7)cc6)c6nsnc56)c5nsnc45)cc3)nc2c1. The maximum atomic E-state index is 4.92. The van der Waals surface area contributed by atoms with Crippen LogP contribution in [-0.4, -0.2) is 36.2 Å². The van der Waals surface area contributed by atoms with Crippen molar-refractivity contribution in [3.8, 4) is 43.4 Å². The maximum absolute atomic E-state index is 4.92.